The molecule has 170 valence electrons. The molecule has 0 radical (unpaired) electrons. The van der Waals surface area contributed by atoms with Crippen molar-refractivity contribution in [2.24, 2.45) is 0 Å². The zero-order valence-electron chi connectivity index (χ0n) is 16.5. The number of anilines is 1. The summed E-state index contributed by atoms with van der Waals surface area (Å²) in [5.41, 5.74) is 4.03. The summed E-state index contributed by atoms with van der Waals surface area (Å²) in [7, 11) is -1.56. The van der Waals surface area contributed by atoms with Gasteiger partial charge in [-0.3, -0.25) is 19.3 Å². The maximum atomic E-state index is 14.0. The van der Waals surface area contributed by atoms with Crippen molar-refractivity contribution in [2.45, 2.75) is 12.7 Å². The molecule has 0 saturated carbocycles. The number of nitrogens with zero attached hydrogens (tertiary/aromatic N) is 1. The molecule has 0 aliphatic heterocycles. The number of benzene rings is 2. The molecule has 0 aliphatic carbocycles. The van der Waals surface area contributed by atoms with E-state index in [2.05, 4.69) is 5.87 Å². The van der Waals surface area contributed by atoms with Crippen molar-refractivity contribution >= 4 is 33.5 Å². The van der Waals surface area contributed by atoms with Crippen LogP contribution < -0.4 is 15.2 Å². The van der Waals surface area contributed by atoms with E-state index < -0.39 is 33.4 Å². The molecule has 1 atom stereocenters. The molecule has 2 rings (SSSR count). The molecule has 1 unspecified atom stereocenters. The van der Waals surface area contributed by atoms with Crippen LogP contribution in [-0.4, -0.2) is 41.8 Å². The lowest BCUT2D eigenvalue weighted by Gasteiger charge is -2.26. The van der Waals surface area contributed by atoms with Gasteiger partial charge < -0.3 is 0 Å². The first kappa shape index (κ1) is 26.0. The van der Waals surface area contributed by atoms with Crippen molar-refractivity contribution in [1.82, 2.24) is 10.9 Å². The minimum absolute atomic E-state index is 0.0484. The number of amides is 1. The molecular formula is C19H20F5N3O3S. The Kier molecular flexibility index (Phi) is 9.13. The third-order valence-corrected chi connectivity index (χ3v) is 4.86. The third-order valence-electron chi connectivity index (χ3n) is 3.59. The predicted molar refractivity (Wildman–Crippen MR) is 109 cm³/mol. The quantitative estimate of drug-likeness (QED) is 0.298. The Hall–Kier alpha value is -2.99. The van der Waals surface area contributed by atoms with Crippen molar-refractivity contribution in [3.8, 4) is 0 Å². The third kappa shape index (κ3) is 8.34. The van der Waals surface area contributed by atoms with E-state index in [9.17, 15) is 35.8 Å². The molecule has 0 fully saturated rings. The van der Waals surface area contributed by atoms with Crippen molar-refractivity contribution in [1.29, 1.82) is 0 Å². The summed E-state index contributed by atoms with van der Waals surface area (Å²) in [5.74, 6) is 0.522. The van der Waals surface area contributed by atoms with Gasteiger partial charge in [0.15, 0.2) is 0 Å². The van der Waals surface area contributed by atoms with Crippen LogP contribution in [0.2, 0.25) is 0 Å². The van der Waals surface area contributed by atoms with Crippen LogP contribution in [0, 0.1) is 11.6 Å². The number of alkyl halides is 3. The average Bonchev–Trinajstić information content (AvgIpc) is 2.66. The van der Waals surface area contributed by atoms with Gasteiger partial charge in [0.05, 0.1) is 12.2 Å². The second-order valence-electron chi connectivity index (χ2n) is 6.15. The molecule has 2 aromatic rings. The Morgan fingerprint density at radius 2 is 1.84 bits per heavy atom. The number of aldehydes is 1. The van der Waals surface area contributed by atoms with E-state index in [1.165, 1.54) is 53.4 Å². The van der Waals surface area contributed by atoms with Crippen LogP contribution in [-0.2, 0) is 21.0 Å². The summed E-state index contributed by atoms with van der Waals surface area (Å²) in [6.45, 7) is -0.0484. The molecule has 0 aromatic heterocycles. The number of halogens is 5. The molecule has 0 saturated heterocycles. The molecule has 2 N–H and O–H groups in total. The summed E-state index contributed by atoms with van der Waals surface area (Å²) in [6, 6.07) is 9.55. The Labute approximate surface area is 176 Å². The Morgan fingerprint density at radius 1 is 1.19 bits per heavy atom. The van der Waals surface area contributed by atoms with Crippen molar-refractivity contribution in [3.05, 3.63) is 65.2 Å². The zero-order chi connectivity index (χ0) is 23.8. The van der Waals surface area contributed by atoms with Gasteiger partial charge in [-0.25, -0.2) is 18.4 Å². The molecule has 0 heterocycles. The Bertz CT molecular complexity index is 1030. The summed E-state index contributed by atoms with van der Waals surface area (Å²) in [4.78, 5) is 20.4. The van der Waals surface area contributed by atoms with E-state index in [0.717, 1.165) is 6.07 Å². The normalized spacial score (nSPS) is 12.7. The average molecular weight is 465 g/mol. The smallest absolute Gasteiger partial charge is 0.298 e. The van der Waals surface area contributed by atoms with E-state index in [4.69, 9.17) is 0 Å². The van der Waals surface area contributed by atoms with E-state index >= 15 is 0 Å². The first-order chi connectivity index (χ1) is 14.3. The number of hydrogen-bond acceptors (Lipinski definition) is 4. The van der Waals surface area contributed by atoms with Crippen LogP contribution in [0.3, 0.4) is 0 Å². The topological polar surface area (TPSA) is 78.5 Å². The zero-order valence-corrected chi connectivity index (χ0v) is 17.3. The first-order valence-electron chi connectivity index (χ1n) is 8.42. The van der Waals surface area contributed by atoms with Gasteiger partial charge in [0.2, 0.25) is 0 Å². The summed E-state index contributed by atoms with van der Waals surface area (Å²) < 4.78 is 74.6. The number of carbonyl (C=O) groups is 2. The standard InChI is InChI=1S/C16H15F2NO2S.C3H5F3N2O/c1-22(2,21)19(15-5-3-4-14(17)9-15)10-13-7-6-12(11-20)8-16(13)18;1-7-8-2(9)3(4,5)6/h3-9,11H,1,10H2,2H3;7H,1H3,(H,8,9). The van der Waals surface area contributed by atoms with Gasteiger partial charge in [-0.1, -0.05) is 18.2 Å². The first-order valence-corrected chi connectivity index (χ1v) is 10.5. The molecule has 1 amide bonds. The monoisotopic (exact) mass is 465 g/mol. The summed E-state index contributed by atoms with van der Waals surface area (Å²) in [5, 5.41) is 0. The Morgan fingerprint density at radius 3 is 2.26 bits per heavy atom. The van der Waals surface area contributed by atoms with Gasteiger partial charge in [-0.15, -0.1) is 0 Å². The van der Waals surface area contributed by atoms with Crippen molar-refractivity contribution in [3.63, 3.8) is 0 Å². The van der Waals surface area contributed by atoms with Gasteiger partial charge in [0, 0.05) is 34.1 Å². The maximum Gasteiger partial charge on any atom is 0.472 e. The highest BCUT2D eigenvalue weighted by Crippen LogP contribution is 2.22. The predicted octanol–water partition coefficient (Wildman–Crippen LogP) is 2.84. The highest BCUT2D eigenvalue weighted by atomic mass is 32.2. The lowest BCUT2D eigenvalue weighted by molar-refractivity contribution is -0.174. The molecule has 2 aromatic carbocycles. The van der Waals surface area contributed by atoms with Crippen LogP contribution in [0.1, 0.15) is 15.9 Å². The fourth-order valence-electron chi connectivity index (χ4n) is 2.19. The minimum Gasteiger partial charge on any atom is -0.298 e. The van der Waals surface area contributed by atoms with Crippen molar-refractivity contribution in [2.75, 3.05) is 17.6 Å². The van der Waals surface area contributed by atoms with E-state index in [1.54, 1.807) is 6.07 Å². The van der Waals surface area contributed by atoms with E-state index in [-0.39, 0.29) is 17.7 Å². The lowest BCUT2D eigenvalue weighted by atomic mass is 10.1. The number of rotatable bonds is 6. The largest absolute Gasteiger partial charge is 0.472 e. The van der Waals surface area contributed by atoms with Gasteiger partial charge in [-0.05, 0) is 30.1 Å². The molecule has 0 aliphatic rings. The van der Waals surface area contributed by atoms with Crippen LogP contribution in [0.4, 0.5) is 27.6 Å². The summed E-state index contributed by atoms with van der Waals surface area (Å²) in [6.07, 6.45) is -2.86. The van der Waals surface area contributed by atoms with Crippen LogP contribution in [0.15, 0.2) is 42.5 Å². The van der Waals surface area contributed by atoms with Gasteiger partial charge in [0.1, 0.15) is 17.9 Å². The lowest BCUT2D eigenvalue weighted by Crippen LogP contribution is -2.43. The number of hydrogen-bond donors (Lipinski definition) is 2. The second kappa shape index (κ2) is 10.9. The highest BCUT2D eigenvalue weighted by Gasteiger charge is 2.38. The molecule has 0 bridgehead atoms. The van der Waals surface area contributed by atoms with E-state index in [0.29, 0.717) is 12.0 Å². The van der Waals surface area contributed by atoms with Crippen LogP contribution in [0.25, 0.3) is 0 Å². The van der Waals surface area contributed by atoms with Gasteiger partial charge in [0.25, 0.3) is 0 Å². The molecule has 12 heteroatoms. The van der Waals surface area contributed by atoms with Crippen molar-refractivity contribution < 1.29 is 35.8 Å². The fraction of sp³-hybridized carbons (Fsp3) is 0.211. The Balaban J connectivity index is 0.000000452. The molecule has 6 nitrogen and oxygen atoms in total. The molecule has 0 spiro atoms. The number of carbonyl (C=O) groups excluding carboxylic acids is 2. The van der Waals surface area contributed by atoms with Gasteiger partial charge >= 0.3 is 12.1 Å². The van der Waals surface area contributed by atoms with E-state index in [1.807, 2.05) is 5.43 Å². The maximum absolute atomic E-state index is 14.0. The van der Waals surface area contributed by atoms with Gasteiger partial charge in [-0.2, -0.15) is 13.2 Å². The minimum atomic E-state index is -4.80. The molecule has 31 heavy (non-hydrogen) atoms. The fourth-order valence-corrected chi connectivity index (χ4v) is 3.16. The van der Waals surface area contributed by atoms with Crippen LogP contribution >= 0.6 is 0 Å². The number of hydrazine groups is 1. The highest BCUT2D eigenvalue weighted by molar-refractivity contribution is 8.00. The number of nitrogens with one attached hydrogen (secondary N) is 2. The molecular weight excluding hydrogens is 445 g/mol. The van der Waals surface area contributed by atoms with Crippen LogP contribution in [0.5, 0.6) is 0 Å². The second-order valence-corrected chi connectivity index (χ2v) is 8.51. The summed E-state index contributed by atoms with van der Waals surface area (Å²) >= 11 is 0. The SMILES string of the molecule is C=S(C)(=O)N(Cc1ccc(C=O)cc1F)c1cccc(F)c1.CNNC(=O)C(F)(F)F.